The van der Waals surface area contributed by atoms with Gasteiger partial charge in [0.25, 0.3) is 10.0 Å². The maximum atomic E-state index is 13.0. The molecule has 7 nitrogen and oxygen atoms in total. The molecule has 4 rings (SSSR count). The first-order valence-electron chi connectivity index (χ1n) is 9.34. The normalized spacial score (nSPS) is 12.0. The van der Waals surface area contributed by atoms with Gasteiger partial charge in [0.05, 0.1) is 23.0 Å². The lowest BCUT2D eigenvalue weighted by Crippen LogP contribution is -2.23. The van der Waals surface area contributed by atoms with Gasteiger partial charge in [0.2, 0.25) is 0 Å². The standard InChI is InChI=1S/C22H21N5O2S/c1-16-6-7-17(2)21(11-16)30(28,29)26(3)25-14-20-13-24-22-9-8-19(15-27(20)22)18-5-4-10-23-12-18/h4-15H,1-3H3/b25-14+. The summed E-state index contributed by atoms with van der Waals surface area (Å²) in [5.74, 6) is 0. The Bertz CT molecular complexity index is 1340. The molecule has 0 saturated heterocycles. The van der Waals surface area contributed by atoms with Gasteiger partial charge in [0.1, 0.15) is 5.65 Å². The number of fused-ring (bicyclic) bond motifs is 1. The molecule has 0 unspecified atom stereocenters. The molecular weight excluding hydrogens is 398 g/mol. The number of hydrazone groups is 1. The third-order valence-electron chi connectivity index (χ3n) is 4.85. The Labute approximate surface area is 175 Å². The molecule has 0 radical (unpaired) electrons. The molecule has 0 saturated carbocycles. The highest BCUT2D eigenvalue weighted by atomic mass is 32.2. The van der Waals surface area contributed by atoms with Gasteiger partial charge in [-0.15, -0.1) is 0 Å². The molecule has 3 aromatic heterocycles. The van der Waals surface area contributed by atoms with Crippen molar-refractivity contribution in [1.82, 2.24) is 18.8 Å². The van der Waals surface area contributed by atoms with Crippen molar-refractivity contribution < 1.29 is 8.42 Å². The van der Waals surface area contributed by atoms with Gasteiger partial charge in [0.15, 0.2) is 0 Å². The molecule has 0 N–H and O–H groups in total. The third-order valence-corrected chi connectivity index (χ3v) is 6.64. The van der Waals surface area contributed by atoms with Gasteiger partial charge in [0, 0.05) is 36.8 Å². The van der Waals surface area contributed by atoms with Gasteiger partial charge in [-0.05, 0) is 49.2 Å². The van der Waals surface area contributed by atoms with Crippen LogP contribution < -0.4 is 0 Å². The summed E-state index contributed by atoms with van der Waals surface area (Å²) in [6.07, 6.45) is 8.60. The number of nitrogens with zero attached hydrogens (tertiary/aromatic N) is 5. The van der Waals surface area contributed by atoms with Crippen molar-refractivity contribution in [3.63, 3.8) is 0 Å². The van der Waals surface area contributed by atoms with E-state index >= 15 is 0 Å². The predicted octanol–water partition coefficient (Wildman–Crippen LogP) is 3.67. The minimum Gasteiger partial charge on any atom is -0.298 e. The van der Waals surface area contributed by atoms with E-state index in [9.17, 15) is 8.42 Å². The van der Waals surface area contributed by atoms with Crippen LogP contribution in [0.5, 0.6) is 0 Å². The van der Waals surface area contributed by atoms with E-state index in [0.29, 0.717) is 11.3 Å². The molecule has 0 spiro atoms. The van der Waals surface area contributed by atoms with Crippen LogP contribution in [-0.2, 0) is 10.0 Å². The van der Waals surface area contributed by atoms with Crippen molar-refractivity contribution in [2.45, 2.75) is 18.7 Å². The predicted molar refractivity (Wildman–Crippen MR) is 117 cm³/mol. The Morgan fingerprint density at radius 2 is 1.90 bits per heavy atom. The smallest absolute Gasteiger partial charge is 0.279 e. The van der Waals surface area contributed by atoms with Crippen LogP contribution in [0.2, 0.25) is 0 Å². The van der Waals surface area contributed by atoms with Crippen molar-refractivity contribution in [3.05, 3.63) is 84.1 Å². The van der Waals surface area contributed by atoms with E-state index in [1.54, 1.807) is 37.6 Å². The number of sulfonamides is 1. The molecule has 0 amide bonds. The fraction of sp³-hybridized carbons (Fsp3) is 0.136. The summed E-state index contributed by atoms with van der Waals surface area (Å²) in [6, 6.07) is 13.1. The fourth-order valence-corrected chi connectivity index (χ4v) is 4.39. The minimum atomic E-state index is -3.75. The van der Waals surface area contributed by atoms with Crippen molar-refractivity contribution in [1.29, 1.82) is 0 Å². The zero-order valence-electron chi connectivity index (χ0n) is 16.9. The van der Waals surface area contributed by atoms with E-state index in [1.165, 1.54) is 13.3 Å². The summed E-state index contributed by atoms with van der Waals surface area (Å²) in [5, 5.41) is 4.19. The Hall–Kier alpha value is -3.52. The number of pyridine rings is 2. The van der Waals surface area contributed by atoms with Crippen molar-refractivity contribution in [2.24, 2.45) is 5.10 Å². The molecule has 0 fully saturated rings. The summed E-state index contributed by atoms with van der Waals surface area (Å²) in [6.45, 7) is 3.63. The quantitative estimate of drug-likeness (QED) is 0.365. The molecule has 152 valence electrons. The van der Waals surface area contributed by atoms with Gasteiger partial charge in [-0.2, -0.15) is 17.9 Å². The molecule has 4 aromatic rings. The van der Waals surface area contributed by atoms with E-state index in [2.05, 4.69) is 15.1 Å². The zero-order valence-corrected chi connectivity index (χ0v) is 17.7. The van der Waals surface area contributed by atoms with Crippen LogP contribution >= 0.6 is 0 Å². The molecule has 3 heterocycles. The first-order chi connectivity index (χ1) is 14.4. The molecule has 0 aliphatic carbocycles. The van der Waals surface area contributed by atoms with E-state index in [1.807, 2.05) is 47.9 Å². The summed E-state index contributed by atoms with van der Waals surface area (Å²) in [4.78, 5) is 8.77. The number of rotatable bonds is 5. The van der Waals surface area contributed by atoms with Crippen LogP contribution in [0.25, 0.3) is 16.8 Å². The van der Waals surface area contributed by atoms with Crippen LogP contribution in [0, 0.1) is 13.8 Å². The topological polar surface area (TPSA) is 79.9 Å². The summed E-state index contributed by atoms with van der Waals surface area (Å²) < 4.78 is 28.8. The summed E-state index contributed by atoms with van der Waals surface area (Å²) in [7, 11) is -2.32. The average molecular weight is 420 g/mol. The minimum absolute atomic E-state index is 0.249. The van der Waals surface area contributed by atoms with Crippen molar-refractivity contribution >= 4 is 21.9 Å². The second kappa shape index (κ2) is 7.72. The maximum absolute atomic E-state index is 13.0. The highest BCUT2D eigenvalue weighted by Gasteiger charge is 2.21. The SMILES string of the molecule is Cc1ccc(C)c(S(=O)(=O)N(C)/N=C/c2cnc3ccc(-c4cccnc4)cn23)c1. The largest absolute Gasteiger partial charge is 0.298 e. The zero-order chi connectivity index (χ0) is 21.3. The van der Waals surface area contributed by atoms with Crippen molar-refractivity contribution in [2.75, 3.05) is 7.05 Å². The van der Waals surface area contributed by atoms with Crippen LogP contribution in [-0.4, -0.2) is 40.5 Å². The first-order valence-corrected chi connectivity index (χ1v) is 10.8. The second-order valence-electron chi connectivity index (χ2n) is 7.02. The number of benzene rings is 1. The molecule has 0 aliphatic heterocycles. The van der Waals surface area contributed by atoms with Crippen molar-refractivity contribution in [3.8, 4) is 11.1 Å². The van der Waals surface area contributed by atoms with Gasteiger partial charge < -0.3 is 0 Å². The highest BCUT2D eigenvalue weighted by molar-refractivity contribution is 7.89. The molecular formula is C22H21N5O2S. The molecule has 0 bridgehead atoms. The van der Waals surface area contributed by atoms with Gasteiger partial charge >= 0.3 is 0 Å². The number of aromatic nitrogens is 3. The monoisotopic (exact) mass is 419 g/mol. The molecule has 0 atom stereocenters. The fourth-order valence-electron chi connectivity index (χ4n) is 3.13. The van der Waals surface area contributed by atoms with E-state index in [4.69, 9.17) is 0 Å². The maximum Gasteiger partial charge on any atom is 0.279 e. The van der Waals surface area contributed by atoms with Crippen LogP contribution in [0.4, 0.5) is 0 Å². The lowest BCUT2D eigenvalue weighted by molar-refractivity contribution is 0.490. The Morgan fingerprint density at radius 1 is 1.07 bits per heavy atom. The van der Waals surface area contributed by atoms with Gasteiger partial charge in [-0.3, -0.25) is 9.38 Å². The highest BCUT2D eigenvalue weighted by Crippen LogP contribution is 2.21. The Balaban J connectivity index is 1.67. The first kappa shape index (κ1) is 19.8. The number of hydrogen-bond acceptors (Lipinski definition) is 5. The van der Waals surface area contributed by atoms with Crippen LogP contribution in [0.15, 0.2) is 77.2 Å². The molecule has 30 heavy (non-hydrogen) atoms. The van der Waals surface area contributed by atoms with E-state index in [0.717, 1.165) is 26.8 Å². The van der Waals surface area contributed by atoms with Crippen LogP contribution in [0.3, 0.4) is 0 Å². The number of aryl methyl sites for hydroxylation is 2. The molecule has 0 aliphatic rings. The Morgan fingerprint density at radius 3 is 2.67 bits per heavy atom. The second-order valence-corrected chi connectivity index (χ2v) is 8.94. The molecule has 1 aromatic carbocycles. The average Bonchev–Trinajstić information content (AvgIpc) is 3.16. The third kappa shape index (κ3) is 3.69. The van der Waals surface area contributed by atoms with Gasteiger partial charge in [-0.25, -0.2) is 4.98 Å². The van der Waals surface area contributed by atoms with E-state index in [-0.39, 0.29) is 4.90 Å². The Kier molecular flexibility index (Phi) is 5.09. The van der Waals surface area contributed by atoms with Gasteiger partial charge in [-0.1, -0.05) is 18.2 Å². The molecule has 8 heteroatoms. The number of imidazole rings is 1. The van der Waals surface area contributed by atoms with Crippen LogP contribution in [0.1, 0.15) is 16.8 Å². The lowest BCUT2D eigenvalue weighted by Gasteiger charge is -2.15. The summed E-state index contributed by atoms with van der Waals surface area (Å²) in [5.41, 5.74) is 4.91. The van der Waals surface area contributed by atoms with E-state index < -0.39 is 10.0 Å². The number of hydrogen-bond donors (Lipinski definition) is 0. The lowest BCUT2D eigenvalue weighted by atomic mass is 10.1. The summed E-state index contributed by atoms with van der Waals surface area (Å²) >= 11 is 0.